The number of nitrogen functional groups attached to an aromatic ring is 1. The van der Waals surface area contributed by atoms with Crippen LogP contribution < -0.4 is 5.73 Å². The third-order valence-corrected chi connectivity index (χ3v) is 2.72. The van der Waals surface area contributed by atoms with Crippen LogP contribution in [-0.4, -0.2) is 39.6 Å². The summed E-state index contributed by atoms with van der Waals surface area (Å²) in [6, 6.07) is 0. The fraction of sp³-hybridized carbons (Fsp3) is 0.615. The van der Waals surface area contributed by atoms with Crippen LogP contribution in [0.2, 0.25) is 0 Å². The summed E-state index contributed by atoms with van der Waals surface area (Å²) in [5.74, 6) is 1.52. The lowest BCUT2D eigenvalue weighted by Crippen LogP contribution is -2.10. The van der Waals surface area contributed by atoms with Crippen molar-refractivity contribution in [2.75, 3.05) is 25.6 Å². The van der Waals surface area contributed by atoms with Gasteiger partial charge >= 0.3 is 0 Å². The maximum Gasteiger partial charge on any atom is 0.163 e. The lowest BCUT2D eigenvalue weighted by atomic mass is 10.2. The van der Waals surface area contributed by atoms with Crippen molar-refractivity contribution in [3.63, 3.8) is 0 Å². The van der Waals surface area contributed by atoms with E-state index in [4.69, 9.17) is 15.2 Å². The van der Waals surface area contributed by atoms with Crippen molar-refractivity contribution >= 4 is 16.9 Å². The van der Waals surface area contributed by atoms with E-state index in [-0.39, 0.29) is 0 Å². The molecule has 2 heterocycles. The lowest BCUT2D eigenvalue weighted by molar-refractivity contribution is 0.0295. The first-order valence-corrected chi connectivity index (χ1v) is 6.67. The molecule has 0 amide bonds. The molecular formula is C13H21N5O2. The number of nitrogens with zero attached hydrogens (tertiary/aromatic N) is 4. The van der Waals surface area contributed by atoms with E-state index in [9.17, 15) is 0 Å². The highest BCUT2D eigenvalue weighted by Gasteiger charge is 2.09. The average molecular weight is 279 g/mol. The van der Waals surface area contributed by atoms with Gasteiger partial charge < -0.3 is 15.2 Å². The second-order valence-corrected chi connectivity index (χ2v) is 5.05. The van der Waals surface area contributed by atoms with Crippen LogP contribution in [-0.2, 0) is 23.1 Å². The van der Waals surface area contributed by atoms with Crippen LogP contribution in [0.5, 0.6) is 0 Å². The van der Waals surface area contributed by atoms with E-state index in [0.29, 0.717) is 43.0 Å². The maximum atomic E-state index is 5.87. The molecule has 0 saturated heterocycles. The summed E-state index contributed by atoms with van der Waals surface area (Å²) < 4.78 is 12.6. The number of ether oxygens (including phenoxy) is 2. The monoisotopic (exact) mass is 279 g/mol. The summed E-state index contributed by atoms with van der Waals surface area (Å²) >= 11 is 0. The van der Waals surface area contributed by atoms with Crippen molar-refractivity contribution in [1.29, 1.82) is 0 Å². The molecule has 7 nitrogen and oxygen atoms in total. The Balaban J connectivity index is 1.85. The minimum absolute atomic E-state index is 0.316. The molecule has 20 heavy (non-hydrogen) atoms. The minimum Gasteiger partial charge on any atom is -0.383 e. The van der Waals surface area contributed by atoms with Gasteiger partial charge in [0.2, 0.25) is 0 Å². The Hall–Kier alpha value is -1.73. The summed E-state index contributed by atoms with van der Waals surface area (Å²) in [7, 11) is 1.82. The number of aryl methyl sites for hydroxylation is 1. The SMILES string of the molecule is CC(C)COCCOCc1nc(N)c2cnn(C)c2n1. The number of aromatic nitrogens is 4. The molecule has 0 saturated carbocycles. The van der Waals surface area contributed by atoms with Crippen LogP contribution in [0.1, 0.15) is 19.7 Å². The Morgan fingerprint density at radius 1 is 1.25 bits per heavy atom. The molecule has 7 heteroatoms. The highest BCUT2D eigenvalue weighted by Crippen LogP contribution is 2.16. The maximum absolute atomic E-state index is 5.87. The topological polar surface area (TPSA) is 88.1 Å². The van der Waals surface area contributed by atoms with Crippen LogP contribution in [0, 0.1) is 5.92 Å². The molecule has 110 valence electrons. The largest absolute Gasteiger partial charge is 0.383 e. The highest BCUT2D eigenvalue weighted by molar-refractivity contribution is 5.84. The van der Waals surface area contributed by atoms with Gasteiger partial charge in [0, 0.05) is 13.7 Å². The van der Waals surface area contributed by atoms with E-state index < -0.39 is 0 Å². The van der Waals surface area contributed by atoms with Crippen molar-refractivity contribution in [3.05, 3.63) is 12.0 Å². The highest BCUT2D eigenvalue weighted by atomic mass is 16.5. The van der Waals surface area contributed by atoms with Gasteiger partial charge in [0.1, 0.15) is 12.4 Å². The second-order valence-electron chi connectivity index (χ2n) is 5.05. The molecule has 0 aliphatic heterocycles. The third kappa shape index (κ3) is 3.64. The molecule has 0 bridgehead atoms. The van der Waals surface area contributed by atoms with E-state index in [0.717, 1.165) is 12.0 Å². The number of fused-ring (bicyclic) bond motifs is 1. The fourth-order valence-electron chi connectivity index (χ4n) is 1.76. The van der Waals surface area contributed by atoms with Crippen LogP contribution in [0.15, 0.2) is 6.20 Å². The number of rotatable bonds is 7. The number of hydrogen-bond acceptors (Lipinski definition) is 6. The van der Waals surface area contributed by atoms with Crippen LogP contribution >= 0.6 is 0 Å². The van der Waals surface area contributed by atoms with Crippen LogP contribution in [0.25, 0.3) is 11.0 Å². The molecule has 2 N–H and O–H groups in total. The Morgan fingerprint density at radius 2 is 2.00 bits per heavy atom. The molecular weight excluding hydrogens is 258 g/mol. The first-order chi connectivity index (χ1) is 9.58. The predicted molar refractivity (Wildman–Crippen MR) is 76.0 cm³/mol. The van der Waals surface area contributed by atoms with Crippen molar-refractivity contribution in [2.24, 2.45) is 13.0 Å². The predicted octanol–water partition coefficient (Wildman–Crippen LogP) is 1.13. The molecule has 0 aliphatic carbocycles. The Bertz CT molecular complexity index is 567. The second kappa shape index (κ2) is 6.62. The molecule has 0 aliphatic rings. The summed E-state index contributed by atoms with van der Waals surface area (Å²) in [4.78, 5) is 8.59. The zero-order valence-corrected chi connectivity index (χ0v) is 12.2. The molecule has 0 radical (unpaired) electrons. The quantitative estimate of drug-likeness (QED) is 0.764. The Kier molecular flexibility index (Phi) is 4.86. The van der Waals surface area contributed by atoms with Gasteiger partial charge in [-0.25, -0.2) is 9.97 Å². The van der Waals surface area contributed by atoms with Crippen LogP contribution in [0.3, 0.4) is 0 Å². The number of hydrogen-bond donors (Lipinski definition) is 1. The summed E-state index contributed by atoms with van der Waals surface area (Å²) in [5, 5.41) is 4.87. The van der Waals surface area contributed by atoms with Gasteiger partial charge in [-0.05, 0) is 5.92 Å². The molecule has 0 fully saturated rings. The van der Waals surface area contributed by atoms with Gasteiger partial charge in [-0.3, -0.25) is 4.68 Å². The molecule has 0 atom stereocenters. The summed E-state index contributed by atoms with van der Waals surface area (Å²) in [6.45, 7) is 6.37. The van der Waals surface area contributed by atoms with Gasteiger partial charge in [-0.2, -0.15) is 5.10 Å². The normalized spacial score (nSPS) is 11.6. The average Bonchev–Trinajstić information content (AvgIpc) is 2.76. The third-order valence-electron chi connectivity index (χ3n) is 2.72. The van der Waals surface area contributed by atoms with E-state index in [1.165, 1.54) is 0 Å². The smallest absolute Gasteiger partial charge is 0.163 e. The summed E-state index contributed by atoms with van der Waals surface area (Å²) in [5.41, 5.74) is 6.59. The summed E-state index contributed by atoms with van der Waals surface area (Å²) in [6.07, 6.45) is 1.66. The van der Waals surface area contributed by atoms with E-state index in [1.807, 2.05) is 7.05 Å². The van der Waals surface area contributed by atoms with Crippen LogP contribution in [0.4, 0.5) is 5.82 Å². The van der Waals surface area contributed by atoms with Gasteiger partial charge in [0.15, 0.2) is 11.5 Å². The van der Waals surface area contributed by atoms with Crippen molar-refractivity contribution < 1.29 is 9.47 Å². The zero-order valence-electron chi connectivity index (χ0n) is 12.2. The van der Waals surface area contributed by atoms with Crippen molar-refractivity contribution in [3.8, 4) is 0 Å². The van der Waals surface area contributed by atoms with Crippen molar-refractivity contribution in [2.45, 2.75) is 20.5 Å². The number of anilines is 1. The van der Waals surface area contributed by atoms with Gasteiger partial charge in [-0.15, -0.1) is 0 Å². The standard InChI is InChI=1S/C13H21N5O2/c1-9(2)7-19-4-5-20-8-11-16-12(14)10-6-15-18(3)13(10)17-11/h6,9H,4-5,7-8H2,1-3H3,(H2,14,16,17). The molecule has 2 rings (SSSR count). The van der Waals surface area contributed by atoms with Gasteiger partial charge in [0.05, 0.1) is 24.8 Å². The van der Waals surface area contributed by atoms with E-state index in [1.54, 1.807) is 10.9 Å². The van der Waals surface area contributed by atoms with E-state index >= 15 is 0 Å². The first kappa shape index (κ1) is 14.7. The fourth-order valence-corrected chi connectivity index (χ4v) is 1.76. The van der Waals surface area contributed by atoms with E-state index in [2.05, 4.69) is 28.9 Å². The molecule has 0 aromatic carbocycles. The Labute approximate surface area is 118 Å². The molecule has 0 unspecified atom stereocenters. The number of nitrogens with two attached hydrogens (primary N) is 1. The molecule has 0 spiro atoms. The molecule has 2 aromatic rings. The lowest BCUT2D eigenvalue weighted by Gasteiger charge is -2.07. The zero-order chi connectivity index (χ0) is 14.5. The van der Waals surface area contributed by atoms with Gasteiger partial charge in [-0.1, -0.05) is 13.8 Å². The minimum atomic E-state index is 0.316. The Morgan fingerprint density at radius 3 is 2.75 bits per heavy atom. The van der Waals surface area contributed by atoms with Crippen molar-refractivity contribution in [1.82, 2.24) is 19.7 Å². The molecule has 2 aromatic heterocycles. The van der Waals surface area contributed by atoms with Gasteiger partial charge in [0.25, 0.3) is 0 Å². The first-order valence-electron chi connectivity index (χ1n) is 6.67.